The summed E-state index contributed by atoms with van der Waals surface area (Å²) in [7, 11) is 0. The number of hydrogen-bond donors (Lipinski definition) is 4. The highest BCUT2D eigenvalue weighted by molar-refractivity contribution is 5.85. The second kappa shape index (κ2) is 5.97. The Morgan fingerprint density at radius 2 is 1.89 bits per heavy atom. The lowest BCUT2D eigenvalue weighted by atomic mass is 9.82. The molecule has 1 aliphatic rings. The third-order valence-electron chi connectivity index (χ3n) is 3.07. The standard InChI is InChI=1S/C12H19NO5/c1-12(18,7-14)6-13-10(15)8-4-2-3-5-9(8)11(16)17/h2-3,8-9,14,18H,4-7H2,1H3,(H,13,15)(H,16,17). The average molecular weight is 257 g/mol. The van der Waals surface area contributed by atoms with Crippen LogP contribution in [0.3, 0.4) is 0 Å². The van der Waals surface area contributed by atoms with Crippen LogP contribution in [0.5, 0.6) is 0 Å². The summed E-state index contributed by atoms with van der Waals surface area (Å²) in [6.07, 6.45) is 4.26. The molecule has 0 fully saturated rings. The number of aliphatic carboxylic acids is 1. The second-order valence-corrected chi connectivity index (χ2v) is 4.87. The largest absolute Gasteiger partial charge is 0.481 e. The SMILES string of the molecule is CC(O)(CO)CNC(=O)C1CC=CCC1C(=O)O. The number of rotatable bonds is 5. The summed E-state index contributed by atoms with van der Waals surface area (Å²) in [4.78, 5) is 22.9. The van der Waals surface area contributed by atoms with E-state index in [0.29, 0.717) is 12.8 Å². The van der Waals surface area contributed by atoms with Gasteiger partial charge in [-0.2, -0.15) is 0 Å². The fraction of sp³-hybridized carbons (Fsp3) is 0.667. The van der Waals surface area contributed by atoms with Gasteiger partial charge in [-0.25, -0.2) is 0 Å². The number of aliphatic hydroxyl groups is 2. The van der Waals surface area contributed by atoms with Crippen molar-refractivity contribution >= 4 is 11.9 Å². The molecule has 0 aromatic rings. The van der Waals surface area contributed by atoms with Gasteiger partial charge in [-0.05, 0) is 19.8 Å². The number of aliphatic hydroxyl groups excluding tert-OH is 1. The van der Waals surface area contributed by atoms with Crippen LogP contribution in [-0.2, 0) is 9.59 Å². The van der Waals surface area contributed by atoms with E-state index in [1.807, 2.05) is 0 Å². The van der Waals surface area contributed by atoms with Gasteiger partial charge < -0.3 is 20.6 Å². The van der Waals surface area contributed by atoms with E-state index in [1.54, 1.807) is 12.2 Å². The highest BCUT2D eigenvalue weighted by Crippen LogP contribution is 2.26. The van der Waals surface area contributed by atoms with E-state index in [2.05, 4.69) is 5.32 Å². The first-order valence-corrected chi connectivity index (χ1v) is 5.86. The van der Waals surface area contributed by atoms with Gasteiger partial charge in [0.15, 0.2) is 0 Å². The maximum Gasteiger partial charge on any atom is 0.307 e. The minimum Gasteiger partial charge on any atom is -0.481 e. The molecule has 102 valence electrons. The van der Waals surface area contributed by atoms with Crippen molar-refractivity contribution in [2.24, 2.45) is 11.8 Å². The molecule has 6 nitrogen and oxygen atoms in total. The van der Waals surface area contributed by atoms with Crippen molar-refractivity contribution in [3.8, 4) is 0 Å². The fourth-order valence-electron chi connectivity index (χ4n) is 1.84. The summed E-state index contributed by atoms with van der Waals surface area (Å²) in [5.41, 5.74) is -1.39. The zero-order chi connectivity index (χ0) is 13.8. The highest BCUT2D eigenvalue weighted by Gasteiger charge is 2.34. The van der Waals surface area contributed by atoms with Crippen LogP contribution in [0.4, 0.5) is 0 Å². The van der Waals surface area contributed by atoms with E-state index in [1.165, 1.54) is 6.92 Å². The van der Waals surface area contributed by atoms with Crippen LogP contribution in [0, 0.1) is 11.8 Å². The van der Waals surface area contributed by atoms with Gasteiger partial charge in [-0.1, -0.05) is 12.2 Å². The van der Waals surface area contributed by atoms with Crippen molar-refractivity contribution in [3.63, 3.8) is 0 Å². The second-order valence-electron chi connectivity index (χ2n) is 4.87. The van der Waals surface area contributed by atoms with Crippen LogP contribution in [0.1, 0.15) is 19.8 Å². The molecule has 4 N–H and O–H groups in total. The van der Waals surface area contributed by atoms with E-state index < -0.39 is 35.9 Å². The first-order valence-electron chi connectivity index (χ1n) is 5.86. The molecule has 1 rings (SSSR count). The maximum atomic E-state index is 11.9. The van der Waals surface area contributed by atoms with Crippen molar-refractivity contribution in [1.82, 2.24) is 5.32 Å². The molecule has 1 amide bonds. The Kier molecular flexibility index (Phi) is 4.86. The predicted octanol–water partition coefficient (Wildman–Crippen LogP) is -0.487. The quantitative estimate of drug-likeness (QED) is 0.497. The van der Waals surface area contributed by atoms with Crippen molar-refractivity contribution in [2.45, 2.75) is 25.4 Å². The highest BCUT2D eigenvalue weighted by atomic mass is 16.4. The van der Waals surface area contributed by atoms with Crippen LogP contribution >= 0.6 is 0 Å². The number of allylic oxidation sites excluding steroid dienone is 2. The van der Waals surface area contributed by atoms with Crippen LogP contribution in [0.15, 0.2) is 12.2 Å². The van der Waals surface area contributed by atoms with Gasteiger partial charge in [0.25, 0.3) is 0 Å². The molecular weight excluding hydrogens is 238 g/mol. The molecule has 0 heterocycles. The van der Waals surface area contributed by atoms with E-state index in [4.69, 9.17) is 10.2 Å². The van der Waals surface area contributed by atoms with Gasteiger partial charge in [-0.3, -0.25) is 9.59 Å². The Bertz CT molecular complexity index is 350. The van der Waals surface area contributed by atoms with Gasteiger partial charge in [-0.15, -0.1) is 0 Å². The van der Waals surface area contributed by atoms with Gasteiger partial charge in [0, 0.05) is 6.54 Å². The van der Waals surface area contributed by atoms with E-state index >= 15 is 0 Å². The molecule has 0 radical (unpaired) electrons. The van der Waals surface area contributed by atoms with E-state index in [-0.39, 0.29) is 6.54 Å². The molecule has 0 aromatic carbocycles. The lowest BCUT2D eigenvalue weighted by Gasteiger charge is -2.26. The fourth-order valence-corrected chi connectivity index (χ4v) is 1.84. The zero-order valence-corrected chi connectivity index (χ0v) is 10.3. The van der Waals surface area contributed by atoms with Crippen molar-refractivity contribution < 1.29 is 24.9 Å². The predicted molar refractivity (Wildman–Crippen MR) is 63.7 cm³/mol. The van der Waals surface area contributed by atoms with E-state index in [0.717, 1.165) is 0 Å². The van der Waals surface area contributed by atoms with Crippen molar-refractivity contribution in [1.29, 1.82) is 0 Å². The minimum atomic E-state index is -1.39. The molecule has 6 heteroatoms. The summed E-state index contributed by atoms with van der Waals surface area (Å²) >= 11 is 0. The minimum absolute atomic E-state index is 0.102. The van der Waals surface area contributed by atoms with Crippen LogP contribution in [0.2, 0.25) is 0 Å². The third kappa shape index (κ3) is 3.82. The number of carboxylic acids is 1. The molecule has 1 aliphatic carbocycles. The Balaban J connectivity index is 2.60. The van der Waals surface area contributed by atoms with Crippen molar-refractivity contribution in [2.75, 3.05) is 13.2 Å². The number of carbonyl (C=O) groups is 2. The number of amides is 1. The molecule has 0 aromatic heterocycles. The Morgan fingerprint density at radius 1 is 1.33 bits per heavy atom. The van der Waals surface area contributed by atoms with Crippen LogP contribution in [-0.4, -0.2) is 45.9 Å². The molecular formula is C12H19NO5. The number of nitrogens with one attached hydrogen (secondary N) is 1. The Hall–Kier alpha value is -1.40. The first-order chi connectivity index (χ1) is 8.37. The summed E-state index contributed by atoms with van der Waals surface area (Å²) in [5, 5.41) is 29.9. The first kappa shape index (κ1) is 14.7. The van der Waals surface area contributed by atoms with Crippen molar-refractivity contribution in [3.05, 3.63) is 12.2 Å². The molecule has 3 unspecified atom stereocenters. The van der Waals surface area contributed by atoms with Gasteiger partial charge in [0.2, 0.25) is 5.91 Å². The summed E-state index contributed by atoms with van der Waals surface area (Å²) in [6.45, 7) is 0.817. The monoisotopic (exact) mass is 257 g/mol. The third-order valence-corrected chi connectivity index (χ3v) is 3.07. The average Bonchev–Trinajstić information content (AvgIpc) is 2.36. The lowest BCUT2D eigenvalue weighted by Crippen LogP contribution is -2.47. The summed E-state index contributed by atoms with van der Waals surface area (Å²) in [5.74, 6) is -2.75. The summed E-state index contributed by atoms with van der Waals surface area (Å²) < 4.78 is 0. The number of carbonyl (C=O) groups excluding carboxylic acids is 1. The molecule has 0 saturated heterocycles. The topological polar surface area (TPSA) is 107 Å². The molecule has 0 spiro atoms. The summed E-state index contributed by atoms with van der Waals surface area (Å²) in [6, 6.07) is 0. The Morgan fingerprint density at radius 3 is 2.39 bits per heavy atom. The molecule has 18 heavy (non-hydrogen) atoms. The molecule has 3 atom stereocenters. The lowest BCUT2D eigenvalue weighted by molar-refractivity contribution is -0.147. The van der Waals surface area contributed by atoms with Gasteiger partial charge >= 0.3 is 5.97 Å². The van der Waals surface area contributed by atoms with Gasteiger partial charge in [0.05, 0.1) is 18.4 Å². The zero-order valence-electron chi connectivity index (χ0n) is 10.3. The number of carboxylic acid groups (broad SMARTS) is 1. The molecule has 0 saturated carbocycles. The Labute approximate surface area is 105 Å². The maximum absolute atomic E-state index is 11.9. The van der Waals surface area contributed by atoms with Crippen LogP contribution < -0.4 is 5.32 Å². The molecule has 0 aliphatic heterocycles. The molecule has 0 bridgehead atoms. The smallest absolute Gasteiger partial charge is 0.307 e. The normalized spacial score (nSPS) is 26.4. The van der Waals surface area contributed by atoms with Crippen LogP contribution in [0.25, 0.3) is 0 Å². The number of hydrogen-bond acceptors (Lipinski definition) is 4. The van der Waals surface area contributed by atoms with E-state index in [9.17, 15) is 14.7 Å². The van der Waals surface area contributed by atoms with Gasteiger partial charge in [0.1, 0.15) is 5.60 Å².